The first-order valence-corrected chi connectivity index (χ1v) is 8.17. The van der Waals surface area contributed by atoms with Crippen LogP contribution in [0, 0.1) is 0 Å². The van der Waals surface area contributed by atoms with E-state index in [9.17, 15) is 4.79 Å². The van der Waals surface area contributed by atoms with Crippen LogP contribution < -0.4 is 5.73 Å². The minimum atomic E-state index is -0.959. The van der Waals surface area contributed by atoms with Crippen molar-refractivity contribution in [3.8, 4) is 10.6 Å². The molecule has 0 bridgehead atoms. The summed E-state index contributed by atoms with van der Waals surface area (Å²) in [6.45, 7) is 0. The van der Waals surface area contributed by atoms with Gasteiger partial charge in [-0.05, 0) is 11.4 Å². The Morgan fingerprint density at radius 3 is 3.06 bits per heavy atom. The highest BCUT2D eigenvalue weighted by Crippen LogP contribution is 2.27. The van der Waals surface area contributed by atoms with Crippen LogP contribution in [0.1, 0.15) is 5.69 Å². The van der Waals surface area contributed by atoms with Crippen LogP contribution in [0.4, 0.5) is 0 Å². The molecule has 0 saturated heterocycles. The Hall–Kier alpha value is -0.890. The molecule has 0 aliphatic carbocycles. The summed E-state index contributed by atoms with van der Waals surface area (Å²) < 4.78 is 0. The van der Waals surface area contributed by atoms with Crippen LogP contribution in [0.15, 0.2) is 22.2 Å². The van der Waals surface area contributed by atoms with Crippen LogP contribution in [-0.2, 0) is 10.5 Å². The van der Waals surface area contributed by atoms with E-state index in [1.807, 2.05) is 16.8 Å². The summed E-state index contributed by atoms with van der Waals surface area (Å²) in [6.07, 6.45) is 0. The molecule has 0 saturated carbocycles. The van der Waals surface area contributed by atoms with E-state index < -0.39 is 12.0 Å². The summed E-state index contributed by atoms with van der Waals surface area (Å²) in [7, 11) is 0. The van der Waals surface area contributed by atoms with Crippen molar-refractivity contribution in [1.29, 1.82) is 0 Å². The fourth-order valence-corrected chi connectivity index (χ4v) is 3.76. The Bertz CT molecular complexity index is 510. The number of rotatable bonds is 6. The smallest absolute Gasteiger partial charge is 0.321 e. The van der Waals surface area contributed by atoms with Crippen LogP contribution in [0.3, 0.4) is 0 Å². The lowest BCUT2D eigenvalue weighted by molar-refractivity contribution is -0.137. The lowest BCUT2D eigenvalue weighted by atomic mass is 10.4. The molecule has 2 aromatic rings. The van der Waals surface area contributed by atoms with Crippen molar-refractivity contribution in [1.82, 2.24) is 4.98 Å². The molecule has 96 valence electrons. The summed E-state index contributed by atoms with van der Waals surface area (Å²) in [5, 5.41) is 15.8. The maximum Gasteiger partial charge on any atom is 0.321 e. The van der Waals surface area contributed by atoms with Gasteiger partial charge in [-0.1, -0.05) is 0 Å². The third-order valence-electron chi connectivity index (χ3n) is 2.18. The van der Waals surface area contributed by atoms with Gasteiger partial charge in [0, 0.05) is 27.8 Å². The number of carboxylic acids is 1. The molecule has 18 heavy (non-hydrogen) atoms. The van der Waals surface area contributed by atoms with Crippen molar-refractivity contribution in [2.45, 2.75) is 11.8 Å². The molecule has 2 heterocycles. The third kappa shape index (κ3) is 3.55. The molecular weight excluding hydrogens is 288 g/mol. The average molecular weight is 300 g/mol. The SMILES string of the molecule is N[C@@H](CSCc1csc(-c2ccsc2)n1)C(=O)O. The number of thiophene rings is 1. The second-order valence-corrected chi connectivity index (χ2v) is 6.28. The number of carboxylic acid groups (broad SMARTS) is 1. The van der Waals surface area contributed by atoms with E-state index in [-0.39, 0.29) is 0 Å². The fraction of sp³-hybridized carbons (Fsp3) is 0.273. The van der Waals surface area contributed by atoms with Crippen molar-refractivity contribution in [3.63, 3.8) is 0 Å². The molecule has 0 amide bonds. The molecule has 0 spiro atoms. The summed E-state index contributed by atoms with van der Waals surface area (Å²) >= 11 is 4.75. The van der Waals surface area contributed by atoms with E-state index in [2.05, 4.69) is 10.4 Å². The highest BCUT2D eigenvalue weighted by molar-refractivity contribution is 7.98. The van der Waals surface area contributed by atoms with Crippen molar-refractivity contribution < 1.29 is 9.90 Å². The molecule has 0 aliphatic heterocycles. The first kappa shape index (κ1) is 13.5. The minimum absolute atomic E-state index is 0.403. The van der Waals surface area contributed by atoms with Crippen LogP contribution in [0.5, 0.6) is 0 Å². The molecule has 0 unspecified atom stereocenters. The number of thioether (sulfide) groups is 1. The zero-order valence-electron chi connectivity index (χ0n) is 9.41. The van der Waals surface area contributed by atoms with Gasteiger partial charge in [-0.25, -0.2) is 4.98 Å². The molecular formula is C11H12N2O2S3. The van der Waals surface area contributed by atoms with Gasteiger partial charge in [-0.2, -0.15) is 23.1 Å². The summed E-state index contributed by atoms with van der Waals surface area (Å²) in [4.78, 5) is 15.1. The highest BCUT2D eigenvalue weighted by atomic mass is 32.2. The van der Waals surface area contributed by atoms with Gasteiger partial charge in [0.2, 0.25) is 0 Å². The molecule has 0 aliphatic rings. The normalized spacial score (nSPS) is 12.5. The number of hydrogen-bond acceptors (Lipinski definition) is 6. The van der Waals surface area contributed by atoms with Crippen LogP contribution >= 0.6 is 34.4 Å². The summed E-state index contributed by atoms with van der Waals surface area (Å²) in [6, 6.07) is 1.24. The topological polar surface area (TPSA) is 76.2 Å². The predicted octanol–water partition coefficient (Wildman–Crippen LogP) is 2.52. The third-order valence-corrected chi connectivity index (χ3v) is 4.90. The Labute approximate surface area is 117 Å². The quantitative estimate of drug-likeness (QED) is 0.857. The van der Waals surface area contributed by atoms with Gasteiger partial charge in [0.05, 0.1) is 5.69 Å². The molecule has 3 N–H and O–H groups in total. The van der Waals surface area contributed by atoms with Gasteiger partial charge in [-0.3, -0.25) is 4.79 Å². The number of aliphatic carboxylic acids is 1. The maximum atomic E-state index is 10.6. The highest BCUT2D eigenvalue weighted by Gasteiger charge is 2.11. The molecule has 0 fully saturated rings. The zero-order valence-corrected chi connectivity index (χ0v) is 11.9. The number of nitrogens with zero attached hydrogens (tertiary/aromatic N) is 1. The zero-order chi connectivity index (χ0) is 13.0. The number of hydrogen-bond donors (Lipinski definition) is 2. The second kappa shape index (κ2) is 6.33. The van der Waals surface area contributed by atoms with Gasteiger partial charge >= 0.3 is 5.97 Å². The standard InChI is InChI=1S/C11H12N2O2S3/c12-9(11(14)15)6-17-4-8-5-18-10(13-8)7-1-2-16-3-7/h1-3,5,9H,4,6,12H2,(H,14,15)/t9-/m0/s1. The van der Waals surface area contributed by atoms with Gasteiger partial charge in [-0.15, -0.1) is 11.3 Å². The van der Waals surface area contributed by atoms with E-state index in [0.717, 1.165) is 16.3 Å². The van der Waals surface area contributed by atoms with E-state index >= 15 is 0 Å². The molecule has 1 atom stereocenters. The molecule has 0 aromatic carbocycles. The Kier molecular flexibility index (Phi) is 4.76. The summed E-state index contributed by atoms with van der Waals surface area (Å²) in [5.74, 6) is 0.141. The predicted molar refractivity (Wildman–Crippen MR) is 77.2 cm³/mol. The number of thiazole rings is 1. The first-order valence-electron chi connectivity index (χ1n) is 5.20. The van der Waals surface area contributed by atoms with Gasteiger partial charge in [0.1, 0.15) is 11.0 Å². The van der Waals surface area contributed by atoms with Crippen molar-refractivity contribution in [2.24, 2.45) is 5.73 Å². The number of carbonyl (C=O) groups is 1. The molecule has 2 rings (SSSR count). The van der Waals surface area contributed by atoms with E-state index in [0.29, 0.717) is 11.5 Å². The fourth-order valence-electron chi connectivity index (χ4n) is 1.25. The van der Waals surface area contributed by atoms with E-state index in [4.69, 9.17) is 10.8 Å². The molecule has 7 heteroatoms. The maximum absolute atomic E-state index is 10.6. The van der Waals surface area contributed by atoms with Gasteiger partial charge in [0.15, 0.2) is 0 Å². The lowest BCUT2D eigenvalue weighted by Gasteiger charge is -2.04. The first-order chi connectivity index (χ1) is 8.66. The van der Waals surface area contributed by atoms with Crippen LogP contribution in [0.25, 0.3) is 10.6 Å². The Morgan fingerprint density at radius 2 is 2.39 bits per heavy atom. The Balaban J connectivity index is 1.86. The second-order valence-electron chi connectivity index (χ2n) is 3.62. The molecule has 0 radical (unpaired) electrons. The van der Waals surface area contributed by atoms with E-state index in [1.165, 1.54) is 11.8 Å². The minimum Gasteiger partial charge on any atom is -0.480 e. The largest absolute Gasteiger partial charge is 0.480 e. The van der Waals surface area contributed by atoms with Crippen molar-refractivity contribution in [3.05, 3.63) is 27.9 Å². The molecule has 4 nitrogen and oxygen atoms in total. The van der Waals surface area contributed by atoms with Crippen LogP contribution in [-0.4, -0.2) is 27.9 Å². The lowest BCUT2D eigenvalue weighted by Crippen LogP contribution is -2.32. The van der Waals surface area contributed by atoms with Gasteiger partial charge < -0.3 is 10.8 Å². The monoisotopic (exact) mass is 300 g/mol. The van der Waals surface area contributed by atoms with Crippen molar-refractivity contribution in [2.75, 3.05) is 5.75 Å². The van der Waals surface area contributed by atoms with Crippen molar-refractivity contribution >= 4 is 40.4 Å². The Morgan fingerprint density at radius 1 is 1.56 bits per heavy atom. The number of nitrogens with two attached hydrogens (primary N) is 1. The summed E-state index contributed by atoms with van der Waals surface area (Å²) in [5.41, 5.74) is 7.54. The van der Waals surface area contributed by atoms with Gasteiger partial charge in [0.25, 0.3) is 0 Å². The van der Waals surface area contributed by atoms with Crippen LogP contribution in [0.2, 0.25) is 0 Å². The molecule has 2 aromatic heterocycles. The van der Waals surface area contributed by atoms with E-state index in [1.54, 1.807) is 22.7 Å². The number of aromatic nitrogens is 1. The average Bonchev–Trinajstić information content (AvgIpc) is 2.98.